The van der Waals surface area contributed by atoms with E-state index >= 15 is 0 Å². The summed E-state index contributed by atoms with van der Waals surface area (Å²) in [6, 6.07) is 9.46. The van der Waals surface area contributed by atoms with Crippen LogP contribution in [0.25, 0.3) is 0 Å². The molecule has 0 radical (unpaired) electrons. The molecule has 2 rings (SSSR count). The molecule has 0 aliphatic heterocycles. The molecular weight excluding hydrogens is 430 g/mol. The monoisotopic (exact) mass is 471 g/mol. The number of primary amides is 1. The normalized spacial score (nSPS) is 20.3. The fourth-order valence-corrected chi connectivity index (χ4v) is 4.64. The zero-order valence-corrected chi connectivity index (χ0v) is 20.7. The molecule has 0 aromatic heterocycles. The van der Waals surface area contributed by atoms with Gasteiger partial charge in [0.2, 0.25) is 11.8 Å². The van der Waals surface area contributed by atoms with Gasteiger partial charge < -0.3 is 26.2 Å². The molecule has 7 heteroatoms. The van der Waals surface area contributed by atoms with Crippen molar-refractivity contribution in [3.8, 4) is 0 Å². The van der Waals surface area contributed by atoms with E-state index in [4.69, 9.17) is 5.73 Å². The number of hydrogen-bond acceptors (Lipinski definition) is 5. The van der Waals surface area contributed by atoms with Crippen LogP contribution in [0.4, 0.5) is 0 Å². The van der Waals surface area contributed by atoms with Crippen LogP contribution in [0.3, 0.4) is 0 Å². The zero-order chi connectivity index (χ0) is 25.1. The Bertz CT molecular complexity index is 849. The minimum Gasteiger partial charge on any atom is -0.395 e. The summed E-state index contributed by atoms with van der Waals surface area (Å²) in [5.41, 5.74) is 6.30. The van der Waals surface area contributed by atoms with Gasteiger partial charge in [0, 0.05) is 37.2 Å². The first-order valence-corrected chi connectivity index (χ1v) is 12.3. The Balaban J connectivity index is 2.41. The lowest BCUT2D eigenvalue weighted by molar-refractivity contribution is -0.132. The minimum atomic E-state index is -1.22. The molecule has 4 atom stereocenters. The molecular formula is C27H41N3O4. The van der Waals surface area contributed by atoms with E-state index in [1.807, 2.05) is 56.0 Å². The first-order valence-electron chi connectivity index (χ1n) is 12.3. The standard InChI is InChI=1S/C27H41N3O4/c1-4-14-30(15-5-2)25(33)22-12-9-13-27(17-22,26(28)34)23(16-21-10-7-6-8-11-21)24(32)18-29-20(3)19-31/h6-13,20,23-24,29,31-32H,4-5,14-19H2,1-3H3,(H2,28,34)/t20-,23-,24+,27?/m1/s1. The van der Waals surface area contributed by atoms with E-state index in [0.29, 0.717) is 25.1 Å². The maximum absolute atomic E-state index is 13.4. The van der Waals surface area contributed by atoms with Gasteiger partial charge in [-0.25, -0.2) is 0 Å². The number of nitrogens with one attached hydrogen (secondary N) is 1. The SMILES string of the molecule is CCCN(CCC)C(=O)C1=CC=CC(C(N)=O)([C@H](Cc2ccccc2)[C@@H](O)CN[C@H](C)CO)C1. The van der Waals surface area contributed by atoms with E-state index in [0.717, 1.165) is 18.4 Å². The van der Waals surface area contributed by atoms with Crippen molar-refractivity contribution in [3.05, 3.63) is 59.7 Å². The number of carbonyl (C=O) groups is 2. The highest BCUT2D eigenvalue weighted by Gasteiger charge is 2.47. The van der Waals surface area contributed by atoms with Gasteiger partial charge in [-0.2, -0.15) is 0 Å². The quantitative estimate of drug-likeness (QED) is 0.332. The third kappa shape index (κ3) is 7.01. The molecule has 0 saturated carbocycles. The minimum absolute atomic E-state index is 0.0665. The molecule has 0 spiro atoms. The number of allylic oxidation sites excluding steroid dienone is 2. The van der Waals surface area contributed by atoms with Crippen LogP contribution in [-0.4, -0.2) is 65.3 Å². The molecule has 7 nitrogen and oxygen atoms in total. The smallest absolute Gasteiger partial charge is 0.249 e. The van der Waals surface area contributed by atoms with Crippen LogP contribution in [0.15, 0.2) is 54.1 Å². The van der Waals surface area contributed by atoms with Crippen molar-refractivity contribution in [2.45, 2.75) is 58.6 Å². The number of aliphatic hydroxyl groups is 2. The van der Waals surface area contributed by atoms with Crippen molar-refractivity contribution in [1.29, 1.82) is 0 Å². The molecule has 0 saturated heterocycles. The molecule has 1 aromatic carbocycles. The molecule has 188 valence electrons. The number of hydrogen-bond donors (Lipinski definition) is 4. The van der Waals surface area contributed by atoms with Crippen LogP contribution >= 0.6 is 0 Å². The summed E-state index contributed by atoms with van der Waals surface area (Å²) in [6.07, 6.45) is 6.57. The average molecular weight is 472 g/mol. The van der Waals surface area contributed by atoms with Gasteiger partial charge in [-0.1, -0.05) is 62.4 Å². The second-order valence-electron chi connectivity index (χ2n) is 9.28. The van der Waals surface area contributed by atoms with Crippen LogP contribution in [0, 0.1) is 11.3 Å². The molecule has 1 aliphatic carbocycles. The first-order chi connectivity index (χ1) is 16.3. The van der Waals surface area contributed by atoms with Gasteiger partial charge in [-0.05, 0) is 38.2 Å². The van der Waals surface area contributed by atoms with Crippen LogP contribution in [0.5, 0.6) is 0 Å². The second kappa shape index (κ2) is 13.4. The Kier molecular flexibility index (Phi) is 11.0. The van der Waals surface area contributed by atoms with Crippen molar-refractivity contribution < 1.29 is 19.8 Å². The highest BCUT2D eigenvalue weighted by Crippen LogP contribution is 2.43. The Hall–Kier alpha value is -2.48. The van der Waals surface area contributed by atoms with Gasteiger partial charge in [0.15, 0.2) is 0 Å². The summed E-state index contributed by atoms with van der Waals surface area (Å²) in [5, 5.41) is 23.8. The number of rotatable bonds is 14. The van der Waals surface area contributed by atoms with E-state index in [1.54, 1.807) is 18.2 Å². The van der Waals surface area contributed by atoms with E-state index in [9.17, 15) is 19.8 Å². The number of nitrogens with zero attached hydrogens (tertiary/aromatic N) is 1. The van der Waals surface area contributed by atoms with E-state index in [2.05, 4.69) is 5.32 Å². The average Bonchev–Trinajstić information content (AvgIpc) is 2.85. The Morgan fingerprint density at radius 2 is 1.82 bits per heavy atom. The van der Waals surface area contributed by atoms with Crippen molar-refractivity contribution in [3.63, 3.8) is 0 Å². The summed E-state index contributed by atoms with van der Waals surface area (Å²) in [6.45, 7) is 7.30. The summed E-state index contributed by atoms with van der Waals surface area (Å²) >= 11 is 0. The lowest BCUT2D eigenvalue weighted by atomic mass is 9.64. The number of carbonyl (C=O) groups excluding carboxylic acids is 2. The van der Waals surface area contributed by atoms with Gasteiger partial charge in [-0.15, -0.1) is 0 Å². The van der Waals surface area contributed by atoms with Gasteiger partial charge in [0.05, 0.1) is 18.1 Å². The van der Waals surface area contributed by atoms with E-state index in [-0.39, 0.29) is 31.5 Å². The van der Waals surface area contributed by atoms with Crippen molar-refractivity contribution in [2.75, 3.05) is 26.2 Å². The molecule has 1 unspecified atom stereocenters. The maximum atomic E-state index is 13.4. The van der Waals surface area contributed by atoms with Gasteiger partial charge in [-0.3, -0.25) is 9.59 Å². The summed E-state index contributed by atoms with van der Waals surface area (Å²) < 4.78 is 0. The van der Waals surface area contributed by atoms with Gasteiger partial charge in [0.1, 0.15) is 0 Å². The highest BCUT2D eigenvalue weighted by atomic mass is 16.3. The number of aliphatic hydroxyl groups excluding tert-OH is 2. The fourth-order valence-electron chi connectivity index (χ4n) is 4.64. The van der Waals surface area contributed by atoms with Crippen LogP contribution in [-0.2, 0) is 16.0 Å². The van der Waals surface area contributed by atoms with Crippen LogP contribution < -0.4 is 11.1 Å². The maximum Gasteiger partial charge on any atom is 0.249 e. The number of benzene rings is 1. The lowest BCUT2D eigenvalue weighted by Crippen LogP contribution is -2.52. The van der Waals surface area contributed by atoms with Crippen molar-refractivity contribution in [1.82, 2.24) is 10.2 Å². The molecule has 5 N–H and O–H groups in total. The molecule has 34 heavy (non-hydrogen) atoms. The molecule has 0 fully saturated rings. The Morgan fingerprint density at radius 3 is 2.38 bits per heavy atom. The molecule has 1 aliphatic rings. The predicted molar refractivity (Wildman–Crippen MR) is 135 cm³/mol. The van der Waals surface area contributed by atoms with Gasteiger partial charge in [0.25, 0.3) is 0 Å². The Labute approximate surface area is 203 Å². The summed E-state index contributed by atoms with van der Waals surface area (Å²) in [7, 11) is 0. The summed E-state index contributed by atoms with van der Waals surface area (Å²) in [5.74, 6) is -1.21. The third-order valence-corrected chi connectivity index (χ3v) is 6.56. The third-order valence-electron chi connectivity index (χ3n) is 6.56. The highest BCUT2D eigenvalue weighted by molar-refractivity contribution is 5.96. The molecule has 0 bridgehead atoms. The van der Waals surface area contributed by atoms with Crippen molar-refractivity contribution >= 4 is 11.8 Å². The van der Waals surface area contributed by atoms with Gasteiger partial charge >= 0.3 is 0 Å². The predicted octanol–water partition coefficient (Wildman–Crippen LogP) is 2.18. The Morgan fingerprint density at radius 1 is 1.18 bits per heavy atom. The lowest BCUT2D eigenvalue weighted by Gasteiger charge is -2.41. The number of nitrogens with two attached hydrogens (primary N) is 1. The molecule has 1 aromatic rings. The van der Waals surface area contributed by atoms with E-state index < -0.39 is 23.3 Å². The summed E-state index contributed by atoms with van der Waals surface area (Å²) in [4.78, 5) is 28.2. The first kappa shape index (κ1) is 27.8. The largest absolute Gasteiger partial charge is 0.395 e. The molecule has 2 amide bonds. The van der Waals surface area contributed by atoms with Crippen LogP contribution in [0.2, 0.25) is 0 Å². The topological polar surface area (TPSA) is 116 Å². The molecule has 0 heterocycles. The number of amides is 2. The zero-order valence-electron chi connectivity index (χ0n) is 20.7. The van der Waals surface area contributed by atoms with Crippen molar-refractivity contribution in [2.24, 2.45) is 17.1 Å². The van der Waals surface area contributed by atoms with Crippen LogP contribution in [0.1, 0.15) is 45.6 Å². The van der Waals surface area contributed by atoms with E-state index in [1.165, 1.54) is 0 Å². The second-order valence-corrected chi connectivity index (χ2v) is 9.28. The fraction of sp³-hybridized carbons (Fsp3) is 0.556.